The molecule has 0 aliphatic carbocycles. The van der Waals surface area contributed by atoms with E-state index >= 15 is 0 Å². The summed E-state index contributed by atoms with van der Waals surface area (Å²) in [5, 5.41) is 9.42. The SMILES string of the molecule is O=C1CSC(C2=[As]c3ccc(O)cc3S2)=[As]1. The molecule has 1 aromatic carbocycles. The van der Waals surface area contributed by atoms with Gasteiger partial charge in [-0.05, 0) is 0 Å². The number of phenols is 1. The van der Waals surface area contributed by atoms with Crippen LogP contribution in [-0.4, -0.2) is 53.3 Å². The molecule has 2 heterocycles. The van der Waals surface area contributed by atoms with Crippen molar-refractivity contribution < 1.29 is 9.90 Å². The van der Waals surface area contributed by atoms with E-state index in [0.29, 0.717) is 16.1 Å². The molecule has 2 nitrogen and oxygen atoms in total. The molecular formula is C10H6As2O2S2. The maximum absolute atomic E-state index is 11.3. The van der Waals surface area contributed by atoms with Gasteiger partial charge in [-0.2, -0.15) is 0 Å². The predicted molar refractivity (Wildman–Crippen MR) is 72.6 cm³/mol. The molecule has 1 aromatic rings. The summed E-state index contributed by atoms with van der Waals surface area (Å²) in [4.78, 5) is 12.5. The number of phenolic OH excluding ortho intramolecular Hbond substituents is 1. The normalized spacial score (nSPS) is 20.4. The first kappa shape index (κ1) is 11.3. The first-order valence-corrected chi connectivity index (χ1v) is 10.1. The number of carbonyl (C=O) groups is 1. The average Bonchev–Trinajstić information content (AvgIpc) is 2.83. The zero-order chi connectivity index (χ0) is 11.1. The molecule has 0 saturated carbocycles. The molecule has 0 bridgehead atoms. The van der Waals surface area contributed by atoms with Crippen molar-refractivity contribution in [3.8, 4) is 5.75 Å². The number of carbonyl (C=O) groups excluding carboxylic acids is 1. The van der Waals surface area contributed by atoms with Crippen molar-refractivity contribution in [3.05, 3.63) is 18.2 Å². The molecule has 2 aliphatic heterocycles. The average molecular weight is 372 g/mol. The number of hydrogen-bond donors (Lipinski definition) is 1. The number of hydrogen-bond acceptors (Lipinski definition) is 4. The van der Waals surface area contributed by atoms with Crippen LogP contribution in [0.5, 0.6) is 5.75 Å². The molecule has 0 saturated heterocycles. The Morgan fingerprint density at radius 1 is 1.25 bits per heavy atom. The fourth-order valence-corrected chi connectivity index (χ4v) is 11.3. The number of rotatable bonds is 1. The Kier molecular flexibility index (Phi) is 3.18. The monoisotopic (exact) mass is 372 g/mol. The van der Waals surface area contributed by atoms with E-state index in [1.807, 2.05) is 12.1 Å². The Hall–Kier alpha value is 0.247. The van der Waals surface area contributed by atoms with Gasteiger partial charge in [-0.25, -0.2) is 0 Å². The summed E-state index contributed by atoms with van der Waals surface area (Å²) in [6.07, 6.45) is 0. The van der Waals surface area contributed by atoms with Gasteiger partial charge >= 0.3 is 115 Å². The van der Waals surface area contributed by atoms with Gasteiger partial charge in [0.25, 0.3) is 0 Å². The fraction of sp³-hybridized carbons (Fsp3) is 0.100. The van der Waals surface area contributed by atoms with Crippen LogP contribution in [-0.2, 0) is 4.79 Å². The molecule has 0 spiro atoms. The second-order valence-electron chi connectivity index (χ2n) is 3.27. The summed E-state index contributed by atoms with van der Waals surface area (Å²) in [6, 6.07) is 5.60. The summed E-state index contributed by atoms with van der Waals surface area (Å²) in [5.41, 5.74) is 0. The second kappa shape index (κ2) is 4.49. The molecule has 1 N–H and O–H groups in total. The summed E-state index contributed by atoms with van der Waals surface area (Å²) >= 11 is 3.32. The topological polar surface area (TPSA) is 37.3 Å². The molecule has 80 valence electrons. The van der Waals surface area contributed by atoms with Crippen molar-refractivity contribution in [3.63, 3.8) is 0 Å². The molecule has 6 heteroatoms. The van der Waals surface area contributed by atoms with E-state index in [4.69, 9.17) is 0 Å². The number of thioether (sulfide) groups is 2. The first-order valence-electron chi connectivity index (χ1n) is 4.56. The van der Waals surface area contributed by atoms with Gasteiger partial charge in [0.2, 0.25) is 0 Å². The van der Waals surface area contributed by atoms with Crippen LogP contribution in [0.15, 0.2) is 23.1 Å². The zero-order valence-electron chi connectivity index (χ0n) is 8.01. The third-order valence-electron chi connectivity index (χ3n) is 2.11. The molecule has 0 aromatic heterocycles. The molecule has 0 radical (unpaired) electrons. The molecule has 3 rings (SSSR count). The molecular weight excluding hydrogens is 366 g/mol. The van der Waals surface area contributed by atoms with Gasteiger partial charge < -0.3 is 0 Å². The van der Waals surface area contributed by atoms with Gasteiger partial charge in [0.15, 0.2) is 0 Å². The van der Waals surface area contributed by atoms with E-state index in [0.717, 1.165) is 0 Å². The molecule has 0 amide bonds. The number of aromatic hydroxyl groups is 1. The van der Waals surface area contributed by atoms with E-state index < -0.39 is 0 Å². The Morgan fingerprint density at radius 2 is 2.12 bits per heavy atom. The van der Waals surface area contributed by atoms with Gasteiger partial charge in [-0.1, -0.05) is 0 Å². The van der Waals surface area contributed by atoms with Crippen LogP contribution >= 0.6 is 23.5 Å². The van der Waals surface area contributed by atoms with Crippen LogP contribution in [0, 0.1) is 0 Å². The molecule has 2 aliphatic rings. The predicted octanol–water partition coefficient (Wildman–Crippen LogP) is 0.0648. The molecule has 0 fully saturated rings. The minimum absolute atomic E-state index is 0.0473. The standard InChI is InChI=1S/C10H6As2O2S2/c13-5-1-2-6-7(3-5)16-10(11-6)9-12-8(14)4-15-9/h1-3,13H,4H2. The summed E-state index contributed by atoms with van der Waals surface area (Å²) in [7, 11) is 0. The van der Waals surface area contributed by atoms with Gasteiger partial charge in [0.1, 0.15) is 0 Å². The summed E-state index contributed by atoms with van der Waals surface area (Å²) in [5.74, 6) is 1.02. The Balaban J connectivity index is 1.94. The van der Waals surface area contributed by atoms with Crippen molar-refractivity contribution in [1.29, 1.82) is 0 Å². The summed E-state index contributed by atoms with van der Waals surface area (Å²) in [6.45, 7) is 0. The van der Waals surface area contributed by atoms with Gasteiger partial charge in [0, 0.05) is 0 Å². The fourth-order valence-electron chi connectivity index (χ4n) is 1.42. The number of fused-ring (bicyclic) bond motifs is 1. The molecule has 16 heavy (non-hydrogen) atoms. The third kappa shape index (κ3) is 2.13. The van der Waals surface area contributed by atoms with E-state index in [2.05, 4.69) is 0 Å². The van der Waals surface area contributed by atoms with Crippen LogP contribution in [0.1, 0.15) is 0 Å². The van der Waals surface area contributed by atoms with Gasteiger partial charge in [0.05, 0.1) is 0 Å². The van der Waals surface area contributed by atoms with Crippen LogP contribution in [0.4, 0.5) is 0 Å². The van der Waals surface area contributed by atoms with Crippen LogP contribution in [0.25, 0.3) is 0 Å². The van der Waals surface area contributed by atoms with E-state index in [1.165, 1.54) is 16.5 Å². The van der Waals surface area contributed by atoms with Crippen LogP contribution < -0.4 is 4.35 Å². The van der Waals surface area contributed by atoms with Crippen molar-refractivity contribution in [2.75, 3.05) is 5.75 Å². The van der Waals surface area contributed by atoms with Crippen molar-refractivity contribution in [2.24, 2.45) is 0 Å². The van der Waals surface area contributed by atoms with E-state index in [9.17, 15) is 9.90 Å². The third-order valence-corrected chi connectivity index (χ3v) is 12.7. The van der Waals surface area contributed by atoms with Crippen molar-refractivity contribution in [1.82, 2.24) is 0 Å². The van der Waals surface area contributed by atoms with E-state index in [-0.39, 0.29) is 30.6 Å². The quantitative estimate of drug-likeness (QED) is 0.708. The Morgan fingerprint density at radius 3 is 2.88 bits per heavy atom. The van der Waals surface area contributed by atoms with Crippen molar-refractivity contribution >= 4 is 70.3 Å². The minimum atomic E-state index is -0.220. The first-order chi connectivity index (χ1) is 7.72. The second-order valence-corrected chi connectivity index (χ2v) is 11.5. The van der Waals surface area contributed by atoms with Gasteiger partial charge in [-0.3, -0.25) is 0 Å². The molecule has 0 unspecified atom stereocenters. The van der Waals surface area contributed by atoms with Crippen molar-refractivity contribution in [2.45, 2.75) is 4.90 Å². The van der Waals surface area contributed by atoms with Crippen LogP contribution in [0.2, 0.25) is 0 Å². The van der Waals surface area contributed by atoms with Gasteiger partial charge in [-0.15, -0.1) is 0 Å². The Labute approximate surface area is 114 Å². The zero-order valence-corrected chi connectivity index (χ0v) is 13.4. The maximum atomic E-state index is 11.3. The molecule has 0 atom stereocenters. The summed E-state index contributed by atoms with van der Waals surface area (Å²) < 4.78 is 4.58. The van der Waals surface area contributed by atoms with Crippen LogP contribution in [0.3, 0.4) is 0 Å². The van der Waals surface area contributed by atoms with E-state index in [1.54, 1.807) is 29.6 Å². The number of benzene rings is 1. The Bertz CT molecular complexity index is 552.